The molecule has 0 unspecified atom stereocenters. The third-order valence-electron chi connectivity index (χ3n) is 0.910. The molecule has 0 aromatic rings. The fourth-order valence-electron chi connectivity index (χ4n) is 0.566. The number of nitriles is 1. The fraction of sp³-hybridized carbons (Fsp3) is 0.500. The molecular weight excluding hydrogens is 162 g/mol. The Bertz CT molecular complexity index is 229. The standard InChI is InChI=1S/C8H10ClNO/c1-8(2,3)4-6(5-10)7(9)11/h4H,1-3H3. The summed E-state index contributed by atoms with van der Waals surface area (Å²) in [5, 5.41) is 7.74. The number of carbonyl (C=O) groups excluding carboxylic acids is 1. The van der Waals surface area contributed by atoms with Crippen molar-refractivity contribution in [3.8, 4) is 6.07 Å². The molecule has 0 aromatic carbocycles. The highest BCUT2D eigenvalue weighted by atomic mass is 35.5. The summed E-state index contributed by atoms with van der Waals surface area (Å²) in [4.78, 5) is 10.5. The molecule has 0 aliphatic heterocycles. The SMILES string of the molecule is CC(C)(C)C=C(C#N)C(=O)Cl. The Balaban J connectivity index is 4.68. The zero-order valence-corrected chi connectivity index (χ0v) is 7.57. The largest absolute Gasteiger partial charge is 0.275 e. The average Bonchev–Trinajstić information content (AvgIpc) is 1.80. The molecular formula is C8H10ClNO. The third kappa shape index (κ3) is 4.58. The molecule has 0 aliphatic rings. The first-order chi connectivity index (χ1) is 4.87. The van der Waals surface area contributed by atoms with Crippen LogP contribution in [0, 0.1) is 16.7 Å². The molecule has 0 saturated heterocycles. The third-order valence-corrected chi connectivity index (χ3v) is 1.11. The Morgan fingerprint density at radius 3 is 2.09 bits per heavy atom. The summed E-state index contributed by atoms with van der Waals surface area (Å²) in [6.45, 7) is 5.68. The van der Waals surface area contributed by atoms with Crippen LogP contribution in [-0.4, -0.2) is 5.24 Å². The highest BCUT2D eigenvalue weighted by molar-refractivity contribution is 6.68. The van der Waals surface area contributed by atoms with Crippen LogP contribution in [0.3, 0.4) is 0 Å². The number of allylic oxidation sites excluding steroid dienone is 2. The molecule has 0 spiro atoms. The molecule has 0 N–H and O–H groups in total. The van der Waals surface area contributed by atoms with E-state index < -0.39 is 5.24 Å². The van der Waals surface area contributed by atoms with Crippen LogP contribution in [0.25, 0.3) is 0 Å². The molecule has 0 radical (unpaired) electrons. The Hall–Kier alpha value is -0.810. The number of carbonyl (C=O) groups is 1. The van der Waals surface area contributed by atoms with E-state index in [2.05, 4.69) is 0 Å². The minimum atomic E-state index is -0.692. The second-order valence-electron chi connectivity index (χ2n) is 3.31. The van der Waals surface area contributed by atoms with Gasteiger partial charge in [0.25, 0.3) is 5.24 Å². The van der Waals surface area contributed by atoms with Gasteiger partial charge < -0.3 is 0 Å². The van der Waals surface area contributed by atoms with E-state index in [9.17, 15) is 4.79 Å². The van der Waals surface area contributed by atoms with Gasteiger partial charge in [-0.15, -0.1) is 0 Å². The Morgan fingerprint density at radius 2 is 2.00 bits per heavy atom. The van der Waals surface area contributed by atoms with Crippen LogP contribution in [0.4, 0.5) is 0 Å². The highest BCUT2D eigenvalue weighted by Crippen LogP contribution is 2.18. The van der Waals surface area contributed by atoms with Gasteiger partial charge in [0.05, 0.1) is 0 Å². The molecule has 2 nitrogen and oxygen atoms in total. The van der Waals surface area contributed by atoms with Gasteiger partial charge in [0.2, 0.25) is 0 Å². The van der Waals surface area contributed by atoms with E-state index in [1.54, 1.807) is 12.1 Å². The first kappa shape index (κ1) is 10.2. The predicted octanol–water partition coefficient (Wildman–Crippen LogP) is 2.25. The molecule has 0 atom stereocenters. The number of hydrogen-bond donors (Lipinski definition) is 0. The van der Waals surface area contributed by atoms with Crippen LogP contribution in [0.2, 0.25) is 0 Å². The first-order valence-electron chi connectivity index (χ1n) is 3.19. The fourth-order valence-corrected chi connectivity index (χ4v) is 0.663. The minimum absolute atomic E-state index is 0.0131. The van der Waals surface area contributed by atoms with Gasteiger partial charge in [0, 0.05) is 0 Å². The van der Waals surface area contributed by atoms with Crippen molar-refractivity contribution in [1.82, 2.24) is 0 Å². The van der Waals surface area contributed by atoms with E-state index in [0.717, 1.165) is 0 Å². The second-order valence-corrected chi connectivity index (χ2v) is 3.65. The van der Waals surface area contributed by atoms with Crippen molar-refractivity contribution in [3.63, 3.8) is 0 Å². The molecule has 3 heteroatoms. The van der Waals surface area contributed by atoms with Crippen LogP contribution in [0.15, 0.2) is 11.6 Å². The minimum Gasteiger partial charge on any atom is -0.275 e. The lowest BCUT2D eigenvalue weighted by Crippen LogP contribution is -2.03. The van der Waals surface area contributed by atoms with Crippen molar-refractivity contribution in [2.45, 2.75) is 20.8 Å². The summed E-state index contributed by atoms with van der Waals surface area (Å²) in [5.74, 6) is 0. The molecule has 60 valence electrons. The average molecular weight is 172 g/mol. The lowest BCUT2D eigenvalue weighted by Gasteiger charge is -2.11. The quantitative estimate of drug-likeness (QED) is 0.345. The van der Waals surface area contributed by atoms with E-state index in [1.165, 1.54) is 0 Å². The number of hydrogen-bond acceptors (Lipinski definition) is 2. The number of halogens is 1. The Morgan fingerprint density at radius 1 is 1.55 bits per heavy atom. The van der Waals surface area contributed by atoms with E-state index in [0.29, 0.717) is 0 Å². The van der Waals surface area contributed by atoms with Crippen LogP contribution in [0.1, 0.15) is 20.8 Å². The van der Waals surface area contributed by atoms with Crippen LogP contribution < -0.4 is 0 Å². The van der Waals surface area contributed by atoms with Gasteiger partial charge in [-0.1, -0.05) is 26.8 Å². The molecule has 0 heterocycles. The summed E-state index contributed by atoms with van der Waals surface area (Å²) in [6, 6.07) is 1.74. The van der Waals surface area contributed by atoms with Gasteiger partial charge in [0.1, 0.15) is 11.6 Å². The maximum atomic E-state index is 10.5. The van der Waals surface area contributed by atoms with Crippen LogP contribution in [0.5, 0.6) is 0 Å². The molecule has 0 aromatic heterocycles. The Labute approximate surface area is 71.5 Å². The van der Waals surface area contributed by atoms with Gasteiger partial charge >= 0.3 is 0 Å². The predicted molar refractivity (Wildman–Crippen MR) is 44.0 cm³/mol. The summed E-state index contributed by atoms with van der Waals surface area (Å²) in [6.07, 6.45) is 1.56. The van der Waals surface area contributed by atoms with Crippen molar-refractivity contribution in [2.24, 2.45) is 5.41 Å². The smallest absolute Gasteiger partial charge is 0.262 e. The number of rotatable bonds is 1. The van der Waals surface area contributed by atoms with E-state index in [-0.39, 0.29) is 11.0 Å². The molecule has 0 rings (SSSR count). The normalized spacial score (nSPS) is 12.5. The topological polar surface area (TPSA) is 40.9 Å². The van der Waals surface area contributed by atoms with Gasteiger partial charge in [-0.3, -0.25) is 4.79 Å². The van der Waals surface area contributed by atoms with Crippen LogP contribution >= 0.6 is 11.6 Å². The Kier molecular flexibility index (Phi) is 3.28. The molecule has 0 aliphatic carbocycles. The van der Waals surface area contributed by atoms with Crippen molar-refractivity contribution in [2.75, 3.05) is 0 Å². The van der Waals surface area contributed by atoms with Crippen molar-refractivity contribution in [1.29, 1.82) is 5.26 Å². The second kappa shape index (κ2) is 3.54. The van der Waals surface area contributed by atoms with Crippen molar-refractivity contribution in [3.05, 3.63) is 11.6 Å². The lowest BCUT2D eigenvalue weighted by atomic mass is 9.94. The summed E-state index contributed by atoms with van der Waals surface area (Å²) < 4.78 is 0. The van der Waals surface area contributed by atoms with Crippen LogP contribution in [-0.2, 0) is 4.79 Å². The number of nitrogens with zero attached hydrogens (tertiary/aromatic N) is 1. The van der Waals surface area contributed by atoms with Crippen molar-refractivity contribution >= 4 is 16.8 Å². The molecule has 0 amide bonds. The zero-order chi connectivity index (χ0) is 9.07. The van der Waals surface area contributed by atoms with E-state index in [1.807, 2.05) is 20.8 Å². The molecule has 0 fully saturated rings. The molecule has 11 heavy (non-hydrogen) atoms. The summed E-state index contributed by atoms with van der Waals surface area (Å²) in [5.41, 5.74) is -0.172. The summed E-state index contributed by atoms with van der Waals surface area (Å²) in [7, 11) is 0. The van der Waals surface area contributed by atoms with Gasteiger partial charge in [0.15, 0.2) is 0 Å². The van der Waals surface area contributed by atoms with E-state index in [4.69, 9.17) is 16.9 Å². The highest BCUT2D eigenvalue weighted by Gasteiger charge is 2.12. The van der Waals surface area contributed by atoms with E-state index >= 15 is 0 Å². The maximum absolute atomic E-state index is 10.5. The van der Waals surface area contributed by atoms with Gasteiger partial charge in [-0.05, 0) is 17.0 Å². The van der Waals surface area contributed by atoms with Gasteiger partial charge in [-0.2, -0.15) is 5.26 Å². The lowest BCUT2D eigenvalue weighted by molar-refractivity contribution is -0.108. The van der Waals surface area contributed by atoms with Gasteiger partial charge in [-0.25, -0.2) is 0 Å². The van der Waals surface area contributed by atoms with Crippen molar-refractivity contribution < 1.29 is 4.79 Å². The monoisotopic (exact) mass is 171 g/mol. The summed E-state index contributed by atoms with van der Waals surface area (Å²) >= 11 is 5.12. The zero-order valence-electron chi connectivity index (χ0n) is 6.81. The maximum Gasteiger partial charge on any atom is 0.262 e. The molecule has 0 saturated carbocycles. The first-order valence-corrected chi connectivity index (χ1v) is 3.57. The molecule has 0 bridgehead atoms.